The molecule has 0 unspecified atom stereocenters. The number of ether oxygens (including phenoxy) is 1. The number of benzene rings is 1. The molecular formula is C18H24N4O2. The number of nitrogens with zero attached hydrogens (tertiary/aromatic N) is 3. The minimum atomic E-state index is 0.00749. The lowest BCUT2D eigenvalue weighted by molar-refractivity contribution is 0.192. The molecule has 0 saturated carbocycles. The predicted molar refractivity (Wildman–Crippen MR) is 92.0 cm³/mol. The van der Waals surface area contributed by atoms with Crippen molar-refractivity contribution in [1.82, 2.24) is 19.8 Å². The van der Waals surface area contributed by atoms with E-state index in [0.29, 0.717) is 19.7 Å². The molecule has 1 aliphatic heterocycles. The normalized spacial score (nSPS) is 13.5. The molecule has 24 heavy (non-hydrogen) atoms. The Kier molecular flexibility index (Phi) is 5.36. The number of hydrogen-bond acceptors (Lipinski definition) is 3. The fourth-order valence-corrected chi connectivity index (χ4v) is 2.95. The van der Waals surface area contributed by atoms with Crippen molar-refractivity contribution in [2.45, 2.75) is 32.9 Å². The first-order chi connectivity index (χ1) is 11.8. The van der Waals surface area contributed by atoms with Gasteiger partial charge in [-0.15, -0.1) is 0 Å². The van der Waals surface area contributed by atoms with E-state index in [4.69, 9.17) is 4.74 Å². The Morgan fingerprint density at radius 2 is 2.29 bits per heavy atom. The molecule has 0 bridgehead atoms. The minimum Gasteiger partial charge on any atom is -0.494 e. The highest BCUT2D eigenvalue weighted by molar-refractivity contribution is 5.74. The zero-order chi connectivity index (χ0) is 16.8. The Bertz CT molecular complexity index is 670. The molecule has 1 aromatic carbocycles. The molecule has 2 aromatic rings. The minimum absolute atomic E-state index is 0.00749. The Morgan fingerprint density at radius 3 is 3.08 bits per heavy atom. The van der Waals surface area contributed by atoms with E-state index in [1.807, 2.05) is 28.7 Å². The molecule has 0 spiro atoms. The van der Waals surface area contributed by atoms with Gasteiger partial charge in [0.15, 0.2) is 0 Å². The smallest absolute Gasteiger partial charge is 0.317 e. The molecule has 0 radical (unpaired) electrons. The van der Waals surface area contributed by atoms with Gasteiger partial charge in [-0.25, -0.2) is 9.78 Å². The van der Waals surface area contributed by atoms with Crippen molar-refractivity contribution in [1.29, 1.82) is 0 Å². The highest BCUT2D eigenvalue weighted by atomic mass is 16.5. The van der Waals surface area contributed by atoms with E-state index in [9.17, 15) is 4.79 Å². The summed E-state index contributed by atoms with van der Waals surface area (Å²) in [5.74, 6) is 0.874. The summed E-state index contributed by atoms with van der Waals surface area (Å²) >= 11 is 0. The Labute approximate surface area is 142 Å². The van der Waals surface area contributed by atoms with Gasteiger partial charge in [-0.05, 0) is 43.0 Å². The van der Waals surface area contributed by atoms with Gasteiger partial charge >= 0.3 is 6.03 Å². The quantitative estimate of drug-likeness (QED) is 0.829. The van der Waals surface area contributed by atoms with Crippen molar-refractivity contribution >= 4 is 6.03 Å². The van der Waals surface area contributed by atoms with Gasteiger partial charge in [0.05, 0.1) is 12.9 Å². The lowest BCUT2D eigenvalue weighted by atomic mass is 10.00. The van der Waals surface area contributed by atoms with Crippen LogP contribution in [0, 0.1) is 0 Å². The number of fused-ring (bicyclic) bond motifs is 1. The van der Waals surface area contributed by atoms with Crippen molar-refractivity contribution in [2.24, 2.45) is 0 Å². The molecule has 128 valence electrons. The molecule has 0 saturated heterocycles. The number of imidazole rings is 1. The maximum absolute atomic E-state index is 12.3. The first-order valence-corrected chi connectivity index (χ1v) is 8.49. The third-order valence-corrected chi connectivity index (χ3v) is 4.22. The largest absolute Gasteiger partial charge is 0.494 e. The average molecular weight is 328 g/mol. The van der Waals surface area contributed by atoms with Crippen LogP contribution >= 0.6 is 0 Å². The molecule has 6 heteroatoms. The zero-order valence-corrected chi connectivity index (χ0v) is 14.1. The molecule has 3 rings (SSSR count). The third-order valence-electron chi connectivity index (χ3n) is 4.22. The number of nitrogens with one attached hydrogen (secondary N) is 1. The second-order valence-corrected chi connectivity index (χ2v) is 5.92. The Balaban J connectivity index is 1.48. The summed E-state index contributed by atoms with van der Waals surface area (Å²) in [5.41, 5.74) is 2.49. The highest BCUT2D eigenvalue weighted by Gasteiger charge is 2.20. The van der Waals surface area contributed by atoms with Crippen LogP contribution in [0.15, 0.2) is 36.9 Å². The number of hydrogen-bond donors (Lipinski definition) is 1. The summed E-state index contributed by atoms with van der Waals surface area (Å²) in [5, 5.41) is 3.01. The van der Waals surface area contributed by atoms with Crippen LogP contribution in [0.25, 0.3) is 0 Å². The zero-order valence-electron chi connectivity index (χ0n) is 14.1. The second-order valence-electron chi connectivity index (χ2n) is 5.92. The van der Waals surface area contributed by atoms with E-state index in [0.717, 1.165) is 31.7 Å². The van der Waals surface area contributed by atoms with Crippen LogP contribution in [0.2, 0.25) is 0 Å². The number of carbonyl (C=O) groups is 1. The summed E-state index contributed by atoms with van der Waals surface area (Å²) in [4.78, 5) is 18.2. The van der Waals surface area contributed by atoms with Crippen molar-refractivity contribution in [3.05, 3.63) is 48.0 Å². The molecule has 6 nitrogen and oxygen atoms in total. The van der Waals surface area contributed by atoms with Gasteiger partial charge in [-0.3, -0.25) is 0 Å². The maximum atomic E-state index is 12.3. The highest BCUT2D eigenvalue weighted by Crippen LogP contribution is 2.24. The van der Waals surface area contributed by atoms with Crippen LogP contribution in [0.3, 0.4) is 0 Å². The number of rotatable bonds is 6. The van der Waals surface area contributed by atoms with Gasteiger partial charge in [0.2, 0.25) is 0 Å². The van der Waals surface area contributed by atoms with Gasteiger partial charge in [0, 0.05) is 38.6 Å². The number of amides is 2. The average Bonchev–Trinajstić information content (AvgIpc) is 3.11. The van der Waals surface area contributed by atoms with Crippen LogP contribution in [0.4, 0.5) is 4.79 Å². The van der Waals surface area contributed by atoms with Crippen molar-refractivity contribution in [3.63, 3.8) is 0 Å². The summed E-state index contributed by atoms with van der Waals surface area (Å²) < 4.78 is 7.57. The van der Waals surface area contributed by atoms with Crippen LogP contribution < -0.4 is 10.1 Å². The first kappa shape index (κ1) is 16.4. The fraction of sp³-hybridized carbons (Fsp3) is 0.444. The van der Waals surface area contributed by atoms with Gasteiger partial charge in [0.25, 0.3) is 0 Å². The molecule has 0 aliphatic carbocycles. The number of aromatic nitrogens is 2. The van der Waals surface area contributed by atoms with E-state index in [-0.39, 0.29) is 6.03 Å². The summed E-state index contributed by atoms with van der Waals surface area (Å²) in [6, 6.07) is 6.18. The van der Waals surface area contributed by atoms with Crippen LogP contribution in [0.5, 0.6) is 5.75 Å². The molecule has 1 aliphatic rings. The lowest BCUT2D eigenvalue weighted by Gasteiger charge is -2.29. The summed E-state index contributed by atoms with van der Waals surface area (Å²) in [7, 11) is 0. The SMILES string of the molecule is CCOc1ccc2c(c1)CN(C(=O)NCCCn1ccnc1)CC2. The standard InChI is InChI=1S/C18H24N4O2/c1-2-24-17-5-4-15-6-10-22(13-16(15)12-17)18(23)20-7-3-9-21-11-8-19-14-21/h4-5,8,11-12,14H,2-3,6-7,9-10,13H2,1H3,(H,20,23). The van der Waals surface area contributed by atoms with Crippen molar-refractivity contribution in [2.75, 3.05) is 19.7 Å². The Morgan fingerprint density at radius 1 is 1.38 bits per heavy atom. The van der Waals surface area contributed by atoms with Crippen LogP contribution in [0.1, 0.15) is 24.5 Å². The third kappa shape index (κ3) is 4.07. The molecule has 2 amide bonds. The number of urea groups is 1. The van der Waals surface area contributed by atoms with E-state index in [2.05, 4.69) is 22.4 Å². The number of carbonyl (C=O) groups excluding carboxylic acids is 1. The lowest BCUT2D eigenvalue weighted by Crippen LogP contribution is -2.43. The van der Waals surface area contributed by atoms with E-state index in [1.54, 1.807) is 12.5 Å². The van der Waals surface area contributed by atoms with Gasteiger partial charge in [-0.1, -0.05) is 6.07 Å². The topological polar surface area (TPSA) is 59.4 Å². The van der Waals surface area contributed by atoms with Crippen molar-refractivity contribution < 1.29 is 9.53 Å². The Hall–Kier alpha value is -2.50. The molecule has 1 aromatic heterocycles. The first-order valence-electron chi connectivity index (χ1n) is 8.49. The summed E-state index contributed by atoms with van der Waals surface area (Å²) in [6.45, 7) is 5.56. The van der Waals surface area contributed by atoms with E-state index >= 15 is 0 Å². The van der Waals surface area contributed by atoms with Crippen LogP contribution in [-0.4, -0.2) is 40.2 Å². The van der Waals surface area contributed by atoms with Gasteiger partial charge in [-0.2, -0.15) is 0 Å². The fourth-order valence-electron chi connectivity index (χ4n) is 2.95. The molecule has 0 fully saturated rings. The second kappa shape index (κ2) is 7.86. The van der Waals surface area contributed by atoms with E-state index < -0.39 is 0 Å². The summed E-state index contributed by atoms with van der Waals surface area (Å²) in [6.07, 6.45) is 7.27. The molecule has 1 N–H and O–H groups in total. The maximum Gasteiger partial charge on any atom is 0.317 e. The van der Waals surface area contributed by atoms with E-state index in [1.165, 1.54) is 11.1 Å². The molecular weight excluding hydrogens is 304 g/mol. The van der Waals surface area contributed by atoms with Gasteiger partial charge in [0.1, 0.15) is 5.75 Å². The molecule has 0 atom stereocenters. The number of aryl methyl sites for hydroxylation is 1. The predicted octanol–water partition coefficient (Wildman–Crippen LogP) is 2.44. The van der Waals surface area contributed by atoms with Crippen LogP contribution in [-0.2, 0) is 19.5 Å². The molecule has 2 heterocycles. The van der Waals surface area contributed by atoms with Gasteiger partial charge < -0.3 is 19.5 Å². The van der Waals surface area contributed by atoms with Crippen molar-refractivity contribution in [3.8, 4) is 5.75 Å². The monoisotopic (exact) mass is 328 g/mol.